The lowest BCUT2D eigenvalue weighted by atomic mass is 9.99. The van der Waals surface area contributed by atoms with Gasteiger partial charge in [0.15, 0.2) is 0 Å². The summed E-state index contributed by atoms with van der Waals surface area (Å²) in [6.45, 7) is 1.42. The Kier molecular flexibility index (Phi) is 4.28. The molecule has 4 rings (SSSR count). The first kappa shape index (κ1) is 16.2. The molecule has 5 heteroatoms. The number of hydrogen-bond donors (Lipinski definition) is 0. The number of carbonyl (C=O) groups excluding carboxylic acids is 1. The molecule has 1 aliphatic heterocycles. The van der Waals surface area contributed by atoms with E-state index in [1.54, 1.807) is 18.2 Å². The van der Waals surface area contributed by atoms with Gasteiger partial charge in [-0.15, -0.1) is 0 Å². The minimum absolute atomic E-state index is 0.0418. The first-order valence-electron chi connectivity index (χ1n) is 8.11. The number of hydrogen-bond acceptors (Lipinski definition) is 1. The van der Waals surface area contributed by atoms with E-state index in [1.807, 2.05) is 29.2 Å². The first-order valence-corrected chi connectivity index (χ1v) is 8.87. The van der Waals surface area contributed by atoms with Gasteiger partial charge in [0.1, 0.15) is 0 Å². The van der Waals surface area contributed by atoms with Crippen LogP contribution in [0.2, 0.25) is 10.0 Å². The molecule has 0 spiro atoms. The van der Waals surface area contributed by atoms with Gasteiger partial charge in [-0.3, -0.25) is 4.79 Å². The molecule has 1 unspecified atom stereocenters. The highest BCUT2D eigenvalue weighted by Gasteiger charge is 2.32. The monoisotopic (exact) mass is 370 g/mol. The molecular formula is C20H16Cl2N2O. The van der Waals surface area contributed by atoms with Gasteiger partial charge in [0, 0.05) is 30.5 Å². The molecule has 2 aromatic carbocycles. The van der Waals surface area contributed by atoms with Gasteiger partial charge in [-0.05, 0) is 35.9 Å². The molecule has 0 bridgehead atoms. The first-order chi connectivity index (χ1) is 12.1. The zero-order valence-corrected chi connectivity index (χ0v) is 14.9. The molecule has 1 atom stereocenters. The van der Waals surface area contributed by atoms with Gasteiger partial charge in [-0.2, -0.15) is 0 Å². The van der Waals surface area contributed by atoms with Crippen molar-refractivity contribution in [1.29, 1.82) is 0 Å². The molecule has 0 saturated carbocycles. The van der Waals surface area contributed by atoms with E-state index in [-0.39, 0.29) is 11.9 Å². The molecule has 0 radical (unpaired) electrons. The number of amides is 1. The van der Waals surface area contributed by atoms with Crippen LogP contribution in [0.4, 0.5) is 0 Å². The van der Waals surface area contributed by atoms with Crippen molar-refractivity contribution in [1.82, 2.24) is 9.47 Å². The molecule has 0 N–H and O–H groups in total. The molecule has 3 nitrogen and oxygen atoms in total. The van der Waals surface area contributed by atoms with Crippen molar-refractivity contribution in [2.45, 2.75) is 12.6 Å². The summed E-state index contributed by atoms with van der Waals surface area (Å²) in [4.78, 5) is 15.1. The predicted octanol–water partition coefficient (Wildman–Crippen LogP) is 5.04. The number of benzene rings is 2. The Morgan fingerprint density at radius 2 is 1.72 bits per heavy atom. The Hall–Kier alpha value is -2.23. The van der Waals surface area contributed by atoms with Gasteiger partial charge in [-0.25, -0.2) is 0 Å². The molecule has 2 heterocycles. The molecule has 1 aliphatic rings. The van der Waals surface area contributed by atoms with E-state index in [2.05, 4.69) is 29.0 Å². The number of aromatic nitrogens is 1. The molecule has 1 amide bonds. The number of carbonyl (C=O) groups is 1. The summed E-state index contributed by atoms with van der Waals surface area (Å²) in [5.74, 6) is -0.0418. The summed E-state index contributed by atoms with van der Waals surface area (Å²) >= 11 is 12.1. The molecule has 1 aromatic heterocycles. The summed E-state index contributed by atoms with van der Waals surface area (Å²) < 4.78 is 2.20. The Labute approximate surface area is 156 Å². The van der Waals surface area contributed by atoms with E-state index in [0.29, 0.717) is 22.2 Å². The van der Waals surface area contributed by atoms with Crippen molar-refractivity contribution in [3.05, 3.63) is 93.7 Å². The summed E-state index contributed by atoms with van der Waals surface area (Å²) in [7, 11) is 0. The van der Waals surface area contributed by atoms with Crippen LogP contribution in [-0.2, 0) is 6.54 Å². The standard InChI is InChI=1S/C20H16Cl2N2O/c21-16-9-8-15(13-17(16)22)20(25)24-12-11-23-10-4-7-18(23)19(24)14-5-2-1-3-6-14/h1-10,13,19H,11-12H2. The van der Waals surface area contributed by atoms with Gasteiger partial charge in [-0.1, -0.05) is 53.5 Å². The largest absolute Gasteiger partial charge is 0.348 e. The summed E-state index contributed by atoms with van der Waals surface area (Å²) in [6, 6.07) is 19.1. The maximum Gasteiger partial charge on any atom is 0.254 e. The number of halogens is 2. The second-order valence-electron chi connectivity index (χ2n) is 6.07. The Morgan fingerprint density at radius 1 is 0.920 bits per heavy atom. The van der Waals surface area contributed by atoms with Crippen molar-refractivity contribution in [3.8, 4) is 0 Å². The van der Waals surface area contributed by atoms with Crippen LogP contribution < -0.4 is 0 Å². The van der Waals surface area contributed by atoms with Gasteiger partial charge in [0.2, 0.25) is 0 Å². The SMILES string of the molecule is O=C(c1ccc(Cl)c(Cl)c1)N1CCn2cccc2C1c1ccccc1. The van der Waals surface area contributed by atoms with Crippen molar-refractivity contribution in [2.75, 3.05) is 6.54 Å². The highest BCUT2D eigenvalue weighted by Crippen LogP contribution is 2.34. The highest BCUT2D eigenvalue weighted by atomic mass is 35.5. The van der Waals surface area contributed by atoms with Crippen molar-refractivity contribution >= 4 is 29.1 Å². The van der Waals surface area contributed by atoms with Crippen LogP contribution in [0.1, 0.15) is 27.7 Å². The molecule has 0 aliphatic carbocycles. The summed E-state index contributed by atoms with van der Waals surface area (Å²) in [6.07, 6.45) is 2.06. The van der Waals surface area contributed by atoms with Crippen LogP contribution in [0.3, 0.4) is 0 Å². The summed E-state index contributed by atoms with van der Waals surface area (Å²) in [5, 5.41) is 0.842. The minimum Gasteiger partial charge on any atom is -0.348 e. The molecular weight excluding hydrogens is 355 g/mol. The number of fused-ring (bicyclic) bond motifs is 1. The van der Waals surface area contributed by atoms with Gasteiger partial charge in [0.25, 0.3) is 5.91 Å². The van der Waals surface area contributed by atoms with Crippen LogP contribution in [0.5, 0.6) is 0 Å². The highest BCUT2D eigenvalue weighted by molar-refractivity contribution is 6.42. The van der Waals surface area contributed by atoms with Crippen molar-refractivity contribution in [2.24, 2.45) is 0 Å². The normalized spacial score (nSPS) is 16.6. The maximum absolute atomic E-state index is 13.2. The van der Waals surface area contributed by atoms with Gasteiger partial charge in [0.05, 0.1) is 16.1 Å². The lowest BCUT2D eigenvalue weighted by molar-refractivity contribution is 0.0664. The van der Waals surface area contributed by atoms with Crippen molar-refractivity contribution in [3.63, 3.8) is 0 Å². The topological polar surface area (TPSA) is 25.2 Å². The third kappa shape index (κ3) is 2.94. The second-order valence-corrected chi connectivity index (χ2v) is 6.88. The summed E-state index contributed by atoms with van der Waals surface area (Å²) in [5.41, 5.74) is 2.76. The Balaban J connectivity index is 1.77. The molecule has 3 aromatic rings. The van der Waals surface area contributed by atoms with E-state index in [0.717, 1.165) is 17.8 Å². The predicted molar refractivity (Wildman–Crippen MR) is 100 cm³/mol. The average Bonchev–Trinajstić information content (AvgIpc) is 3.12. The van der Waals surface area contributed by atoms with Gasteiger partial charge >= 0.3 is 0 Å². The molecule has 0 fully saturated rings. The van der Waals surface area contributed by atoms with E-state index in [4.69, 9.17) is 23.2 Å². The van der Waals surface area contributed by atoms with Gasteiger partial charge < -0.3 is 9.47 Å². The molecule has 126 valence electrons. The fraction of sp³-hybridized carbons (Fsp3) is 0.150. The van der Waals surface area contributed by atoms with Crippen LogP contribution in [0.25, 0.3) is 0 Å². The lowest BCUT2D eigenvalue weighted by Gasteiger charge is -2.37. The fourth-order valence-electron chi connectivity index (χ4n) is 3.38. The van der Waals surface area contributed by atoms with Crippen LogP contribution >= 0.6 is 23.2 Å². The van der Waals surface area contributed by atoms with E-state index >= 15 is 0 Å². The Morgan fingerprint density at radius 3 is 2.48 bits per heavy atom. The van der Waals surface area contributed by atoms with Crippen LogP contribution in [0.15, 0.2) is 66.9 Å². The molecule has 25 heavy (non-hydrogen) atoms. The number of nitrogens with zero attached hydrogens (tertiary/aromatic N) is 2. The Bertz CT molecular complexity index is 920. The third-order valence-electron chi connectivity index (χ3n) is 4.58. The smallest absolute Gasteiger partial charge is 0.254 e. The van der Waals surface area contributed by atoms with E-state index in [1.165, 1.54) is 0 Å². The number of rotatable bonds is 2. The van der Waals surface area contributed by atoms with Crippen LogP contribution in [-0.4, -0.2) is 21.9 Å². The zero-order valence-electron chi connectivity index (χ0n) is 13.4. The average molecular weight is 371 g/mol. The minimum atomic E-state index is -0.119. The quantitative estimate of drug-likeness (QED) is 0.620. The second kappa shape index (κ2) is 6.58. The van der Waals surface area contributed by atoms with Crippen LogP contribution in [0, 0.1) is 0 Å². The zero-order chi connectivity index (χ0) is 17.4. The van der Waals surface area contributed by atoms with E-state index in [9.17, 15) is 4.79 Å². The van der Waals surface area contributed by atoms with E-state index < -0.39 is 0 Å². The van der Waals surface area contributed by atoms with Crippen molar-refractivity contribution < 1.29 is 4.79 Å². The maximum atomic E-state index is 13.2. The molecule has 0 saturated heterocycles. The lowest BCUT2D eigenvalue weighted by Crippen LogP contribution is -2.42. The third-order valence-corrected chi connectivity index (χ3v) is 5.32. The fourth-order valence-corrected chi connectivity index (χ4v) is 3.68.